The lowest BCUT2D eigenvalue weighted by molar-refractivity contribution is -0.159. The smallest absolute Gasteiger partial charge is 0.422 e. The number of ether oxygens (including phenoxy) is 1. The van der Waals surface area contributed by atoms with E-state index in [1.165, 1.54) is 6.07 Å². The van der Waals surface area contributed by atoms with Crippen molar-refractivity contribution >= 4 is 23.4 Å². The summed E-state index contributed by atoms with van der Waals surface area (Å²) in [5.41, 5.74) is 0.975. The van der Waals surface area contributed by atoms with Gasteiger partial charge in [-0.1, -0.05) is 17.7 Å². The Morgan fingerprint density at radius 1 is 1.47 bits per heavy atom. The second kappa shape index (κ2) is 5.27. The van der Waals surface area contributed by atoms with Crippen LogP contribution < -0.4 is 5.32 Å². The second-order valence-corrected chi connectivity index (χ2v) is 3.71. The first-order valence-electron chi connectivity index (χ1n) is 4.54. The summed E-state index contributed by atoms with van der Waals surface area (Å²) in [4.78, 5) is 11.0. The minimum atomic E-state index is -4.54. The number of rotatable bonds is 2. The lowest BCUT2D eigenvalue weighted by Gasteiger charge is -2.10. The van der Waals surface area contributed by atoms with Crippen molar-refractivity contribution < 1.29 is 22.7 Å². The Morgan fingerprint density at radius 2 is 2.12 bits per heavy atom. The molecular weight excluding hydrogens is 259 g/mol. The molecule has 0 saturated heterocycles. The molecule has 0 atom stereocenters. The summed E-state index contributed by atoms with van der Waals surface area (Å²) in [5, 5.41) is 2.54. The minimum Gasteiger partial charge on any atom is -0.440 e. The zero-order valence-corrected chi connectivity index (χ0v) is 9.52. The van der Waals surface area contributed by atoms with Gasteiger partial charge in [0.1, 0.15) is 0 Å². The van der Waals surface area contributed by atoms with E-state index in [1.807, 2.05) is 0 Å². The van der Waals surface area contributed by atoms with E-state index in [9.17, 15) is 18.0 Å². The Balaban J connectivity index is 2.59. The van der Waals surface area contributed by atoms with E-state index in [0.29, 0.717) is 16.3 Å². The molecule has 0 fully saturated rings. The maximum atomic E-state index is 11.8. The second-order valence-electron chi connectivity index (χ2n) is 3.28. The summed E-state index contributed by atoms with van der Waals surface area (Å²) < 4.78 is 39.3. The Kier molecular flexibility index (Phi) is 4.22. The first-order chi connectivity index (χ1) is 7.78. The third kappa shape index (κ3) is 4.95. The topological polar surface area (TPSA) is 38.3 Å². The molecule has 7 heteroatoms. The van der Waals surface area contributed by atoms with Gasteiger partial charge >= 0.3 is 12.3 Å². The summed E-state index contributed by atoms with van der Waals surface area (Å²) in [5.74, 6) is 0. The number of anilines is 1. The Labute approximate surface area is 101 Å². The fraction of sp³-hybridized carbons (Fsp3) is 0.300. The van der Waals surface area contributed by atoms with E-state index < -0.39 is 18.9 Å². The quantitative estimate of drug-likeness (QED) is 0.886. The molecule has 17 heavy (non-hydrogen) atoms. The van der Waals surface area contributed by atoms with Crippen molar-refractivity contribution in [3.63, 3.8) is 0 Å². The van der Waals surface area contributed by atoms with Gasteiger partial charge in [-0.25, -0.2) is 4.79 Å². The number of halogens is 4. The van der Waals surface area contributed by atoms with Crippen LogP contribution in [-0.4, -0.2) is 18.9 Å². The molecule has 0 spiro atoms. The fourth-order valence-electron chi connectivity index (χ4n) is 1.02. The highest BCUT2D eigenvalue weighted by molar-refractivity contribution is 6.30. The summed E-state index contributed by atoms with van der Waals surface area (Å²) >= 11 is 5.68. The van der Waals surface area contributed by atoms with Crippen LogP contribution in [0.2, 0.25) is 5.02 Å². The van der Waals surface area contributed by atoms with Gasteiger partial charge in [-0.05, 0) is 24.6 Å². The summed E-state index contributed by atoms with van der Waals surface area (Å²) in [6.07, 6.45) is -5.71. The SMILES string of the molecule is Cc1ccc(Cl)cc1NC(=O)OCC(F)(F)F. The molecule has 94 valence electrons. The molecular formula is C10H9ClF3NO2. The number of carbonyl (C=O) groups excluding carboxylic acids is 1. The molecule has 1 N–H and O–H groups in total. The predicted octanol–water partition coefficient (Wildman–Crippen LogP) is 3.76. The van der Waals surface area contributed by atoms with Crippen LogP contribution in [0.1, 0.15) is 5.56 Å². The molecule has 0 bridgehead atoms. The Hall–Kier alpha value is -1.43. The highest BCUT2D eigenvalue weighted by Crippen LogP contribution is 2.21. The molecule has 1 aromatic carbocycles. The van der Waals surface area contributed by atoms with Crippen LogP contribution >= 0.6 is 11.6 Å². The number of hydrogen-bond acceptors (Lipinski definition) is 2. The lowest BCUT2D eigenvalue weighted by Crippen LogP contribution is -2.23. The van der Waals surface area contributed by atoms with Gasteiger partial charge in [-0.15, -0.1) is 0 Å². The van der Waals surface area contributed by atoms with Crippen LogP contribution in [0, 0.1) is 6.92 Å². The monoisotopic (exact) mass is 267 g/mol. The van der Waals surface area contributed by atoms with Crippen molar-refractivity contribution in [1.82, 2.24) is 0 Å². The van der Waals surface area contributed by atoms with Gasteiger partial charge in [0.2, 0.25) is 0 Å². The zero-order valence-electron chi connectivity index (χ0n) is 8.77. The number of aryl methyl sites for hydroxylation is 1. The number of alkyl halides is 3. The highest BCUT2D eigenvalue weighted by Gasteiger charge is 2.29. The maximum Gasteiger partial charge on any atom is 0.422 e. The van der Waals surface area contributed by atoms with Gasteiger partial charge in [0.05, 0.1) is 0 Å². The van der Waals surface area contributed by atoms with E-state index in [0.717, 1.165) is 0 Å². The molecule has 0 radical (unpaired) electrons. The Bertz CT molecular complexity index is 421. The van der Waals surface area contributed by atoms with Crippen molar-refractivity contribution in [1.29, 1.82) is 0 Å². The first kappa shape index (κ1) is 13.6. The molecule has 3 nitrogen and oxygen atoms in total. The van der Waals surface area contributed by atoms with Gasteiger partial charge in [-0.2, -0.15) is 13.2 Å². The van der Waals surface area contributed by atoms with Crippen molar-refractivity contribution in [2.24, 2.45) is 0 Å². The van der Waals surface area contributed by atoms with E-state index in [4.69, 9.17) is 11.6 Å². The van der Waals surface area contributed by atoms with Crippen LogP contribution in [0.5, 0.6) is 0 Å². The third-order valence-electron chi connectivity index (χ3n) is 1.80. The number of carbonyl (C=O) groups is 1. The lowest BCUT2D eigenvalue weighted by atomic mass is 10.2. The molecule has 0 aliphatic heterocycles. The van der Waals surface area contributed by atoms with Crippen molar-refractivity contribution in [2.45, 2.75) is 13.1 Å². The normalized spacial score (nSPS) is 11.1. The van der Waals surface area contributed by atoms with Crippen molar-refractivity contribution in [3.8, 4) is 0 Å². The molecule has 0 aliphatic carbocycles. The fourth-order valence-corrected chi connectivity index (χ4v) is 1.19. The maximum absolute atomic E-state index is 11.8. The van der Waals surface area contributed by atoms with Gasteiger partial charge in [0.15, 0.2) is 6.61 Å². The summed E-state index contributed by atoms with van der Waals surface area (Å²) in [7, 11) is 0. The standard InChI is InChI=1S/C10H9ClF3NO2/c1-6-2-3-7(11)4-8(6)15-9(16)17-5-10(12,13)14/h2-4H,5H2,1H3,(H,15,16). The average Bonchev–Trinajstić information content (AvgIpc) is 2.20. The predicted molar refractivity (Wildman–Crippen MR) is 57.2 cm³/mol. The molecule has 1 aromatic rings. The Morgan fingerprint density at radius 3 is 2.71 bits per heavy atom. The van der Waals surface area contributed by atoms with Crippen LogP contribution in [0.3, 0.4) is 0 Å². The first-order valence-corrected chi connectivity index (χ1v) is 4.92. The summed E-state index contributed by atoms with van der Waals surface area (Å²) in [6.45, 7) is 0.0497. The largest absolute Gasteiger partial charge is 0.440 e. The molecule has 0 aromatic heterocycles. The number of hydrogen-bond donors (Lipinski definition) is 1. The van der Waals surface area contributed by atoms with Crippen molar-refractivity contribution in [3.05, 3.63) is 28.8 Å². The van der Waals surface area contributed by atoms with Crippen molar-refractivity contribution in [2.75, 3.05) is 11.9 Å². The highest BCUT2D eigenvalue weighted by atomic mass is 35.5. The number of benzene rings is 1. The molecule has 1 rings (SSSR count). The van der Waals surface area contributed by atoms with Crippen LogP contribution in [0.15, 0.2) is 18.2 Å². The molecule has 0 heterocycles. The minimum absolute atomic E-state index is 0.310. The van der Waals surface area contributed by atoms with Gasteiger partial charge in [0, 0.05) is 10.7 Å². The molecule has 0 saturated carbocycles. The van der Waals surface area contributed by atoms with E-state index >= 15 is 0 Å². The van der Waals surface area contributed by atoms with Gasteiger partial charge in [0.25, 0.3) is 0 Å². The average molecular weight is 268 g/mol. The van der Waals surface area contributed by atoms with E-state index in [-0.39, 0.29) is 0 Å². The molecule has 0 unspecified atom stereocenters. The number of amides is 1. The van der Waals surface area contributed by atoms with E-state index in [1.54, 1.807) is 19.1 Å². The van der Waals surface area contributed by atoms with Gasteiger partial charge < -0.3 is 4.74 Å². The third-order valence-corrected chi connectivity index (χ3v) is 2.04. The summed E-state index contributed by atoms with van der Waals surface area (Å²) in [6, 6.07) is 4.65. The van der Waals surface area contributed by atoms with Gasteiger partial charge in [-0.3, -0.25) is 5.32 Å². The van der Waals surface area contributed by atoms with E-state index in [2.05, 4.69) is 10.1 Å². The number of nitrogens with one attached hydrogen (secondary N) is 1. The van der Waals surface area contributed by atoms with Crippen LogP contribution in [0.4, 0.5) is 23.7 Å². The zero-order chi connectivity index (χ0) is 13.1. The van der Waals surface area contributed by atoms with Crippen LogP contribution in [0.25, 0.3) is 0 Å². The molecule has 0 aliphatic rings. The van der Waals surface area contributed by atoms with Crippen LogP contribution in [-0.2, 0) is 4.74 Å². The molecule has 1 amide bonds.